The number of aromatic amines is 1. The fourth-order valence-corrected chi connectivity index (χ4v) is 12.0. The first-order chi connectivity index (χ1) is 31.8. The van der Waals surface area contributed by atoms with Crippen LogP contribution in [0.1, 0.15) is 108 Å². The highest BCUT2D eigenvalue weighted by Gasteiger charge is 2.60. The van der Waals surface area contributed by atoms with Gasteiger partial charge in [-0.2, -0.15) is 10.2 Å². The Hall–Kier alpha value is -6.88. The van der Waals surface area contributed by atoms with E-state index in [-0.39, 0.29) is 40.4 Å². The summed E-state index contributed by atoms with van der Waals surface area (Å²) in [5.74, 6) is -0.659. The first kappa shape index (κ1) is 39.5. The van der Waals surface area contributed by atoms with E-state index < -0.39 is 28.8 Å². The van der Waals surface area contributed by atoms with Gasteiger partial charge < -0.3 is 14.2 Å². The molecule has 2 saturated heterocycles. The third-order valence-corrected chi connectivity index (χ3v) is 15.6. The summed E-state index contributed by atoms with van der Waals surface area (Å²) in [7, 11) is 1.73. The number of hydrogen-bond donors (Lipinski definition) is 1. The van der Waals surface area contributed by atoms with Gasteiger partial charge in [0.2, 0.25) is 0 Å². The quantitative estimate of drug-likeness (QED) is 0.174. The number of rotatable bonds is 7. The number of amides is 1. The van der Waals surface area contributed by atoms with E-state index >= 15 is 13.6 Å². The van der Waals surface area contributed by atoms with Crippen LogP contribution in [0, 0.1) is 31.4 Å². The van der Waals surface area contributed by atoms with Crippen LogP contribution in [0.4, 0.5) is 8.78 Å². The predicted molar refractivity (Wildman–Crippen MR) is 238 cm³/mol. The van der Waals surface area contributed by atoms with Crippen LogP contribution >= 0.6 is 0 Å². The zero-order valence-corrected chi connectivity index (χ0v) is 36.8. The topological polar surface area (TPSA) is 156 Å². The van der Waals surface area contributed by atoms with Crippen LogP contribution < -0.4 is 11.4 Å². The molecule has 1 amide bonds. The molecule has 15 nitrogen and oxygen atoms in total. The molecule has 2 aliphatic carbocycles. The Labute approximate surface area is 375 Å². The van der Waals surface area contributed by atoms with Crippen LogP contribution in [-0.4, -0.2) is 72.5 Å². The van der Waals surface area contributed by atoms with Gasteiger partial charge in [-0.15, -0.1) is 0 Å². The van der Waals surface area contributed by atoms with E-state index in [2.05, 4.69) is 44.9 Å². The fraction of sp³-hybridized carbons (Fsp3) is 0.388. The third kappa shape index (κ3) is 5.48. The van der Waals surface area contributed by atoms with Gasteiger partial charge in [0.1, 0.15) is 22.9 Å². The maximum atomic E-state index is 16.2. The van der Waals surface area contributed by atoms with Crippen LogP contribution in [0.3, 0.4) is 0 Å². The van der Waals surface area contributed by atoms with Gasteiger partial charge >= 0.3 is 11.4 Å². The number of ether oxygens (including phenoxy) is 1. The number of H-pyrrole nitrogens is 1. The highest BCUT2D eigenvalue weighted by atomic mass is 19.1. The SMILES string of the molecule is Cc1cc(-n2nc3c(c2-n2ccn(-c4ccc5c(cnn5C)c4F)c2=O)[C@H]2CC[C@@H](C3)N2C(=O)c2cc3cc([C@H]4CCOC5(CC5)C4)ccc3n2[C@]2(c3noc(=O)[nH]3)C[C@@H]2C)cc(C)c1F. The number of hydrogen-bond acceptors (Lipinski definition) is 8. The smallest absolute Gasteiger partial charge is 0.375 e. The van der Waals surface area contributed by atoms with Gasteiger partial charge in [-0.1, -0.05) is 18.1 Å². The van der Waals surface area contributed by atoms with E-state index in [0.29, 0.717) is 76.8 Å². The molecule has 17 heteroatoms. The van der Waals surface area contributed by atoms with Crippen molar-refractivity contribution < 1.29 is 22.8 Å². The average Bonchev–Trinajstić information content (AvgIpc) is 3.70. The largest absolute Gasteiger partial charge is 0.438 e. The molecule has 0 radical (unpaired) electrons. The van der Waals surface area contributed by atoms with E-state index in [9.17, 15) is 9.59 Å². The Morgan fingerprint density at radius 1 is 0.924 bits per heavy atom. The lowest BCUT2D eigenvalue weighted by Gasteiger charge is -2.35. The van der Waals surface area contributed by atoms with Gasteiger partial charge in [0.15, 0.2) is 11.6 Å². The van der Waals surface area contributed by atoms with Crippen molar-refractivity contribution in [2.75, 3.05) is 6.61 Å². The lowest BCUT2D eigenvalue weighted by molar-refractivity contribution is -0.0132. The van der Waals surface area contributed by atoms with Gasteiger partial charge in [-0.05, 0) is 130 Å². The van der Waals surface area contributed by atoms with Gasteiger partial charge in [-0.25, -0.2) is 23.1 Å². The maximum absolute atomic E-state index is 16.2. The molecule has 8 heterocycles. The molecule has 8 aromatic rings. The van der Waals surface area contributed by atoms with Crippen molar-refractivity contribution in [3.8, 4) is 17.2 Å². The Morgan fingerprint density at radius 2 is 1.70 bits per heavy atom. The molecule has 336 valence electrons. The fourth-order valence-electron chi connectivity index (χ4n) is 12.0. The minimum Gasteiger partial charge on any atom is -0.375 e. The van der Waals surface area contributed by atoms with Gasteiger partial charge in [-0.3, -0.25) is 28.1 Å². The molecule has 66 heavy (non-hydrogen) atoms. The number of aryl methyl sites for hydroxylation is 3. The molecular weight excluding hydrogens is 847 g/mol. The van der Waals surface area contributed by atoms with Gasteiger partial charge in [0, 0.05) is 55.0 Å². The zero-order chi connectivity index (χ0) is 45.1. The second-order valence-corrected chi connectivity index (χ2v) is 19.5. The van der Waals surface area contributed by atoms with Crippen molar-refractivity contribution >= 4 is 27.7 Å². The highest BCUT2D eigenvalue weighted by Crippen LogP contribution is 2.57. The molecule has 4 fully saturated rings. The Kier molecular flexibility index (Phi) is 8.13. The van der Waals surface area contributed by atoms with Gasteiger partial charge in [0.25, 0.3) is 5.91 Å². The highest BCUT2D eigenvalue weighted by molar-refractivity contribution is 6.00. The van der Waals surface area contributed by atoms with Crippen LogP contribution in [0.5, 0.6) is 0 Å². The summed E-state index contributed by atoms with van der Waals surface area (Å²) in [5.41, 5.74) is 4.58. The number of fused-ring (bicyclic) bond motifs is 6. The molecule has 5 aliphatic rings. The minimum atomic E-state index is -0.837. The standard InChI is InChI=1S/C49H46F2N10O5/c1-25-17-32(18-26(2)41(25)50)61-43(58-15-14-57(47(58)64)38-10-9-36-33(42(38)51)24-52-56(36)4)40-34(54-61)21-31-6-8-37(40)59(31)44(62)39-20-30-19-28(29-11-16-65-48(23-29)12-13-48)5-7-35(30)60(39)49(22-27(49)3)45-53-46(63)66-55-45/h5,7,9-10,14-15,17-20,24,27,29,31,37H,6,8,11-13,16,21-23H2,1-4H3,(H,53,55,63)/t27-,29-,31-,37+,49+/m0/s1. The zero-order valence-electron chi connectivity index (χ0n) is 36.8. The lowest BCUT2D eigenvalue weighted by Crippen LogP contribution is -2.43. The van der Waals surface area contributed by atoms with Gasteiger partial charge in [0.05, 0.1) is 45.8 Å². The number of aromatic nitrogens is 9. The number of carbonyl (C=O) groups excluding carboxylic acids is 1. The predicted octanol–water partition coefficient (Wildman–Crippen LogP) is 7.34. The summed E-state index contributed by atoms with van der Waals surface area (Å²) in [6.45, 7) is 6.18. The summed E-state index contributed by atoms with van der Waals surface area (Å²) in [6.07, 6.45) is 11.0. The van der Waals surface area contributed by atoms with E-state index in [4.69, 9.17) is 14.4 Å². The first-order valence-electron chi connectivity index (χ1n) is 22.8. The van der Waals surface area contributed by atoms with Crippen LogP contribution in [0.15, 0.2) is 81.2 Å². The summed E-state index contributed by atoms with van der Waals surface area (Å²) >= 11 is 0. The van der Waals surface area contributed by atoms with Crippen molar-refractivity contribution in [3.63, 3.8) is 0 Å². The molecule has 5 atom stereocenters. The molecule has 2 saturated carbocycles. The van der Waals surface area contributed by atoms with Crippen LogP contribution in [0.25, 0.3) is 39.0 Å². The Bertz CT molecular complexity index is 3490. The normalized spacial score (nSPS) is 23.9. The number of benzene rings is 3. The average molecular weight is 893 g/mol. The second kappa shape index (κ2) is 13.6. The molecule has 5 aromatic heterocycles. The molecule has 1 N–H and O–H groups in total. The number of nitrogens with zero attached hydrogens (tertiary/aromatic N) is 9. The summed E-state index contributed by atoms with van der Waals surface area (Å²) < 4.78 is 50.7. The number of halogens is 2. The molecular formula is C49H46F2N10O5. The maximum Gasteiger partial charge on any atom is 0.438 e. The van der Waals surface area contributed by atoms with Crippen molar-refractivity contribution in [3.05, 3.63) is 139 Å². The molecule has 3 aromatic carbocycles. The van der Waals surface area contributed by atoms with Crippen molar-refractivity contribution in [1.82, 2.24) is 48.3 Å². The summed E-state index contributed by atoms with van der Waals surface area (Å²) in [4.78, 5) is 47.8. The van der Waals surface area contributed by atoms with E-state index in [1.54, 1.807) is 60.7 Å². The molecule has 13 rings (SSSR count). The Morgan fingerprint density at radius 3 is 2.44 bits per heavy atom. The summed E-state index contributed by atoms with van der Waals surface area (Å²) in [5, 5.41) is 14.8. The summed E-state index contributed by atoms with van der Waals surface area (Å²) in [6, 6.07) is 14.4. The minimum absolute atomic E-state index is 0.0111. The lowest BCUT2D eigenvalue weighted by atomic mass is 9.87. The third-order valence-electron chi connectivity index (χ3n) is 15.6. The van der Waals surface area contributed by atoms with Crippen LogP contribution in [0.2, 0.25) is 0 Å². The van der Waals surface area contributed by atoms with E-state index in [1.807, 2.05) is 11.0 Å². The molecule has 3 aliphatic heterocycles. The molecule has 2 bridgehead atoms. The number of nitrogens with one attached hydrogen (secondary N) is 1. The first-order valence-corrected chi connectivity index (χ1v) is 22.8. The van der Waals surface area contributed by atoms with E-state index in [1.165, 1.54) is 27.1 Å². The van der Waals surface area contributed by atoms with Crippen molar-refractivity contribution in [1.29, 1.82) is 0 Å². The van der Waals surface area contributed by atoms with Crippen molar-refractivity contribution in [2.45, 2.75) is 101 Å². The monoisotopic (exact) mass is 892 g/mol. The van der Waals surface area contributed by atoms with Crippen LogP contribution in [-0.2, 0) is 23.7 Å². The number of carbonyl (C=O) groups is 1. The molecule has 0 unspecified atom stereocenters. The van der Waals surface area contributed by atoms with Crippen molar-refractivity contribution in [2.24, 2.45) is 13.0 Å². The van der Waals surface area contributed by atoms with E-state index in [0.717, 1.165) is 48.9 Å². The second-order valence-electron chi connectivity index (χ2n) is 19.5. The molecule has 1 spiro atoms. The number of imidazole rings is 1. The Balaban J connectivity index is 0.969.